The highest BCUT2D eigenvalue weighted by Crippen LogP contribution is 2.34. The van der Waals surface area contributed by atoms with E-state index in [0.29, 0.717) is 4.47 Å². The molecule has 0 amide bonds. The van der Waals surface area contributed by atoms with Crippen LogP contribution in [-0.4, -0.2) is 18.6 Å². The minimum absolute atomic E-state index is 0.0741. The first-order valence-electron chi connectivity index (χ1n) is 3.86. The van der Waals surface area contributed by atoms with Crippen LogP contribution in [0.5, 0.6) is 5.75 Å². The third kappa shape index (κ3) is 2.22. The van der Waals surface area contributed by atoms with E-state index >= 15 is 0 Å². The zero-order valence-corrected chi connectivity index (χ0v) is 8.96. The largest absolute Gasteiger partial charge is 0.496 e. The van der Waals surface area contributed by atoms with Crippen LogP contribution in [0.15, 0.2) is 22.7 Å². The van der Waals surface area contributed by atoms with Crippen molar-refractivity contribution in [1.82, 2.24) is 0 Å². The molecule has 1 aromatic carbocycles. The number of hydrogen-bond acceptors (Lipinski definition) is 2. The lowest BCUT2D eigenvalue weighted by molar-refractivity contribution is -0.00740. The van der Waals surface area contributed by atoms with Gasteiger partial charge in [-0.05, 0) is 12.1 Å². The summed E-state index contributed by atoms with van der Waals surface area (Å²) in [7, 11) is 1.36. The Morgan fingerprint density at radius 3 is 2.57 bits per heavy atom. The molecule has 0 heterocycles. The van der Waals surface area contributed by atoms with Crippen molar-refractivity contribution in [2.45, 2.75) is 12.5 Å². The van der Waals surface area contributed by atoms with Crippen LogP contribution < -0.4 is 4.74 Å². The third-order valence-electron chi connectivity index (χ3n) is 1.77. The number of alkyl halides is 2. The Kier molecular flexibility index (Phi) is 3.83. The molecule has 1 rings (SSSR count). The smallest absolute Gasteiger partial charge is 0.268 e. The monoisotopic (exact) mass is 266 g/mol. The second-order valence-corrected chi connectivity index (χ2v) is 3.49. The summed E-state index contributed by atoms with van der Waals surface area (Å²) >= 11 is 3.08. The lowest BCUT2D eigenvalue weighted by Gasteiger charge is -2.15. The van der Waals surface area contributed by atoms with Crippen molar-refractivity contribution in [3.63, 3.8) is 0 Å². The number of methoxy groups -OCH3 is 1. The maximum Gasteiger partial charge on any atom is 0.268 e. The summed E-state index contributed by atoms with van der Waals surface area (Å²) < 4.78 is 29.8. The highest BCUT2D eigenvalue weighted by atomic mass is 79.9. The Labute approximate surface area is 88.6 Å². The fraction of sp³-hybridized carbons (Fsp3) is 0.333. The van der Waals surface area contributed by atoms with E-state index in [9.17, 15) is 13.9 Å². The minimum Gasteiger partial charge on any atom is -0.496 e. The lowest BCUT2D eigenvalue weighted by Crippen LogP contribution is -2.10. The molecule has 0 aliphatic heterocycles. The summed E-state index contributed by atoms with van der Waals surface area (Å²) in [6.45, 7) is 0. The van der Waals surface area contributed by atoms with Crippen molar-refractivity contribution in [1.29, 1.82) is 0 Å². The van der Waals surface area contributed by atoms with Crippen LogP contribution in [0.2, 0.25) is 0 Å². The van der Waals surface area contributed by atoms with E-state index in [1.807, 2.05) is 0 Å². The average molecular weight is 267 g/mol. The Hall–Kier alpha value is -0.680. The molecule has 0 saturated carbocycles. The zero-order valence-electron chi connectivity index (χ0n) is 7.38. The lowest BCUT2D eigenvalue weighted by atomic mass is 10.1. The molecule has 1 N–H and O–H groups in total. The number of hydrogen-bond donors (Lipinski definition) is 1. The maximum absolute atomic E-state index is 12.3. The molecule has 0 aliphatic carbocycles. The topological polar surface area (TPSA) is 29.5 Å². The Morgan fingerprint density at radius 2 is 2.07 bits per heavy atom. The number of halogens is 3. The standard InChI is InChI=1S/C9H9BrF2O2/c1-14-6-4-2-3-5(10)7(6)8(13)9(11)12/h2-4,8-9,13H,1H3. The molecule has 5 heteroatoms. The average Bonchev–Trinajstić information content (AvgIpc) is 2.16. The van der Waals surface area contributed by atoms with Crippen LogP contribution in [0.4, 0.5) is 8.78 Å². The van der Waals surface area contributed by atoms with Gasteiger partial charge in [-0.2, -0.15) is 0 Å². The van der Waals surface area contributed by atoms with E-state index in [-0.39, 0.29) is 11.3 Å². The molecule has 0 fully saturated rings. The number of rotatable bonds is 3. The molecule has 1 unspecified atom stereocenters. The molecule has 2 nitrogen and oxygen atoms in total. The van der Waals surface area contributed by atoms with Crippen molar-refractivity contribution in [3.8, 4) is 5.75 Å². The maximum atomic E-state index is 12.3. The Balaban J connectivity index is 3.16. The first-order valence-corrected chi connectivity index (χ1v) is 4.66. The van der Waals surface area contributed by atoms with Crippen LogP contribution in [0.25, 0.3) is 0 Å². The van der Waals surface area contributed by atoms with Gasteiger partial charge in [0, 0.05) is 10.0 Å². The molecule has 1 aromatic rings. The van der Waals surface area contributed by atoms with E-state index in [1.54, 1.807) is 12.1 Å². The van der Waals surface area contributed by atoms with Gasteiger partial charge in [0.05, 0.1) is 7.11 Å². The van der Waals surface area contributed by atoms with Crippen molar-refractivity contribution in [3.05, 3.63) is 28.2 Å². The van der Waals surface area contributed by atoms with Crippen molar-refractivity contribution in [2.75, 3.05) is 7.11 Å². The predicted octanol–water partition coefficient (Wildman–Crippen LogP) is 2.76. The molecule has 0 radical (unpaired) electrons. The van der Waals surface area contributed by atoms with E-state index in [2.05, 4.69) is 15.9 Å². The first-order chi connectivity index (χ1) is 6.57. The summed E-state index contributed by atoms with van der Waals surface area (Å²) in [5.74, 6) is 0.243. The summed E-state index contributed by atoms with van der Waals surface area (Å²) in [6, 6.07) is 4.74. The Morgan fingerprint density at radius 1 is 1.43 bits per heavy atom. The SMILES string of the molecule is COc1cccc(Br)c1C(O)C(F)F. The highest BCUT2D eigenvalue weighted by Gasteiger charge is 2.24. The highest BCUT2D eigenvalue weighted by molar-refractivity contribution is 9.10. The van der Waals surface area contributed by atoms with Crippen LogP contribution in [-0.2, 0) is 0 Å². The number of aliphatic hydroxyl groups is 1. The van der Waals surface area contributed by atoms with Gasteiger partial charge in [-0.1, -0.05) is 22.0 Å². The molecule has 14 heavy (non-hydrogen) atoms. The number of benzene rings is 1. The van der Waals surface area contributed by atoms with Gasteiger partial charge < -0.3 is 9.84 Å². The van der Waals surface area contributed by atoms with Crippen LogP contribution in [0, 0.1) is 0 Å². The normalized spacial score (nSPS) is 13.0. The van der Waals surface area contributed by atoms with Crippen LogP contribution in [0.3, 0.4) is 0 Å². The third-order valence-corrected chi connectivity index (χ3v) is 2.46. The van der Waals surface area contributed by atoms with Crippen molar-refractivity contribution < 1.29 is 18.6 Å². The summed E-state index contributed by atoms with van der Waals surface area (Å²) in [4.78, 5) is 0. The number of ether oxygens (including phenoxy) is 1. The molecule has 0 aromatic heterocycles. The molecular weight excluding hydrogens is 258 g/mol. The second kappa shape index (κ2) is 4.70. The van der Waals surface area contributed by atoms with Gasteiger partial charge in [0.25, 0.3) is 6.43 Å². The first kappa shape index (κ1) is 11.4. The van der Waals surface area contributed by atoms with Crippen molar-refractivity contribution in [2.24, 2.45) is 0 Å². The molecule has 0 bridgehead atoms. The van der Waals surface area contributed by atoms with Crippen LogP contribution >= 0.6 is 15.9 Å². The van der Waals surface area contributed by atoms with E-state index < -0.39 is 12.5 Å². The molecule has 1 atom stereocenters. The fourth-order valence-corrected chi connectivity index (χ4v) is 1.69. The predicted molar refractivity (Wildman–Crippen MR) is 51.7 cm³/mol. The summed E-state index contributed by atoms with van der Waals surface area (Å²) in [6.07, 6.45) is -4.66. The van der Waals surface area contributed by atoms with Gasteiger partial charge in [-0.15, -0.1) is 0 Å². The summed E-state index contributed by atoms with van der Waals surface area (Å²) in [5.41, 5.74) is 0.0741. The van der Waals surface area contributed by atoms with Gasteiger partial charge in [0.1, 0.15) is 11.9 Å². The van der Waals surface area contributed by atoms with Gasteiger partial charge in [0.15, 0.2) is 0 Å². The van der Waals surface area contributed by atoms with Crippen molar-refractivity contribution >= 4 is 15.9 Å². The quantitative estimate of drug-likeness (QED) is 0.912. The van der Waals surface area contributed by atoms with Gasteiger partial charge >= 0.3 is 0 Å². The Bertz CT molecular complexity index is 318. The molecule has 0 saturated heterocycles. The van der Waals surface area contributed by atoms with E-state index in [1.165, 1.54) is 13.2 Å². The minimum atomic E-state index is -2.83. The molecule has 0 spiro atoms. The van der Waals surface area contributed by atoms with Gasteiger partial charge in [-0.3, -0.25) is 0 Å². The molecule has 78 valence electrons. The fourth-order valence-electron chi connectivity index (χ4n) is 1.11. The van der Waals surface area contributed by atoms with E-state index in [0.717, 1.165) is 0 Å². The second-order valence-electron chi connectivity index (χ2n) is 2.64. The van der Waals surface area contributed by atoms with Crippen LogP contribution in [0.1, 0.15) is 11.7 Å². The van der Waals surface area contributed by atoms with Gasteiger partial charge in [-0.25, -0.2) is 8.78 Å². The summed E-state index contributed by atoms with van der Waals surface area (Å²) in [5, 5.41) is 9.23. The number of aliphatic hydroxyl groups excluding tert-OH is 1. The molecule has 0 aliphatic rings. The van der Waals surface area contributed by atoms with Gasteiger partial charge in [0.2, 0.25) is 0 Å². The molecular formula is C9H9BrF2O2. The van der Waals surface area contributed by atoms with E-state index in [4.69, 9.17) is 4.74 Å². The zero-order chi connectivity index (χ0) is 10.7.